The van der Waals surface area contributed by atoms with Crippen molar-refractivity contribution < 1.29 is 13.2 Å². The molecule has 1 aromatic rings. The first-order valence-corrected chi connectivity index (χ1v) is 8.82. The molecule has 0 saturated carbocycles. The molecular formula is C12H16Cl3NO3S. The van der Waals surface area contributed by atoms with Gasteiger partial charge in [0.1, 0.15) is 0 Å². The van der Waals surface area contributed by atoms with Gasteiger partial charge in [0.2, 0.25) is 10.0 Å². The number of halogens is 3. The lowest BCUT2D eigenvalue weighted by molar-refractivity contribution is 0.282. The fourth-order valence-electron chi connectivity index (χ4n) is 1.54. The maximum absolute atomic E-state index is 10.9. The highest BCUT2D eigenvalue weighted by molar-refractivity contribution is 7.89. The van der Waals surface area contributed by atoms with E-state index in [-0.39, 0.29) is 11.7 Å². The van der Waals surface area contributed by atoms with Crippen molar-refractivity contribution in [2.24, 2.45) is 11.1 Å². The summed E-state index contributed by atoms with van der Waals surface area (Å²) >= 11 is 17.8. The molecule has 0 fully saturated rings. The van der Waals surface area contributed by atoms with Crippen LogP contribution in [0.25, 0.3) is 0 Å². The monoisotopic (exact) mass is 359 g/mol. The minimum atomic E-state index is -3.41. The van der Waals surface area contributed by atoms with E-state index in [4.69, 9.17) is 44.7 Å². The van der Waals surface area contributed by atoms with Crippen LogP contribution in [-0.2, 0) is 10.0 Å². The molecule has 0 radical (unpaired) electrons. The van der Waals surface area contributed by atoms with Gasteiger partial charge in [-0.05, 0) is 30.9 Å². The Kier molecular flexibility index (Phi) is 6.88. The molecule has 0 aliphatic carbocycles. The SMILES string of the molecule is CC(CCOc1c(Cl)cc(Cl)cc1Cl)CCS(N)(=O)=O. The predicted octanol–water partition coefficient (Wildman–Crippen LogP) is 3.73. The van der Waals surface area contributed by atoms with Crippen molar-refractivity contribution in [2.45, 2.75) is 19.8 Å². The zero-order chi connectivity index (χ0) is 15.3. The molecule has 1 rings (SSSR count). The summed E-state index contributed by atoms with van der Waals surface area (Å²) in [6.07, 6.45) is 1.16. The Morgan fingerprint density at radius 3 is 2.25 bits per heavy atom. The van der Waals surface area contributed by atoms with Crippen molar-refractivity contribution in [2.75, 3.05) is 12.4 Å². The molecule has 0 aliphatic heterocycles. The Morgan fingerprint density at radius 2 is 1.75 bits per heavy atom. The van der Waals surface area contributed by atoms with Crippen LogP contribution in [0.2, 0.25) is 15.1 Å². The Hall–Kier alpha value is -0.200. The molecule has 0 spiro atoms. The van der Waals surface area contributed by atoms with E-state index in [0.29, 0.717) is 40.3 Å². The maximum Gasteiger partial charge on any atom is 0.209 e. The fraction of sp³-hybridized carbons (Fsp3) is 0.500. The summed E-state index contributed by atoms with van der Waals surface area (Å²) in [7, 11) is -3.41. The minimum Gasteiger partial charge on any atom is -0.490 e. The van der Waals surface area contributed by atoms with Gasteiger partial charge in [0, 0.05) is 5.02 Å². The van der Waals surface area contributed by atoms with E-state index < -0.39 is 10.0 Å². The van der Waals surface area contributed by atoms with Crippen molar-refractivity contribution in [3.8, 4) is 5.75 Å². The smallest absolute Gasteiger partial charge is 0.209 e. The number of sulfonamides is 1. The number of primary sulfonamides is 1. The quantitative estimate of drug-likeness (QED) is 0.805. The van der Waals surface area contributed by atoms with Gasteiger partial charge in [-0.2, -0.15) is 0 Å². The minimum absolute atomic E-state index is 0.0311. The van der Waals surface area contributed by atoms with Gasteiger partial charge in [-0.15, -0.1) is 0 Å². The van der Waals surface area contributed by atoms with Gasteiger partial charge in [0.05, 0.1) is 22.4 Å². The van der Waals surface area contributed by atoms with Gasteiger partial charge in [0.25, 0.3) is 0 Å². The average Bonchev–Trinajstić information content (AvgIpc) is 2.29. The third kappa shape index (κ3) is 6.50. The lowest BCUT2D eigenvalue weighted by Crippen LogP contribution is -2.18. The van der Waals surface area contributed by atoms with Gasteiger partial charge in [-0.25, -0.2) is 13.6 Å². The molecule has 0 aliphatic rings. The molecule has 1 aromatic carbocycles. The summed E-state index contributed by atoms with van der Waals surface area (Å²) in [4.78, 5) is 0. The highest BCUT2D eigenvalue weighted by Crippen LogP contribution is 2.35. The fourth-order valence-corrected chi connectivity index (χ4v) is 3.20. The van der Waals surface area contributed by atoms with Crippen molar-refractivity contribution in [1.82, 2.24) is 0 Å². The van der Waals surface area contributed by atoms with Crippen LogP contribution in [0.5, 0.6) is 5.75 Å². The largest absolute Gasteiger partial charge is 0.490 e. The van der Waals surface area contributed by atoms with E-state index in [0.717, 1.165) is 0 Å². The number of benzene rings is 1. The molecule has 4 nitrogen and oxygen atoms in total. The standard InChI is InChI=1S/C12H16Cl3NO3S/c1-8(3-5-20(16,17)18)2-4-19-12-10(14)6-9(13)7-11(12)15/h6-8H,2-5H2,1H3,(H2,16,17,18). The summed E-state index contributed by atoms with van der Waals surface area (Å²) < 4.78 is 27.2. The number of hydrogen-bond acceptors (Lipinski definition) is 3. The Morgan fingerprint density at radius 1 is 1.20 bits per heavy atom. The predicted molar refractivity (Wildman–Crippen MR) is 83.3 cm³/mol. The molecule has 1 unspecified atom stereocenters. The molecule has 8 heteroatoms. The van der Waals surface area contributed by atoms with Crippen molar-refractivity contribution >= 4 is 44.8 Å². The first kappa shape index (κ1) is 17.9. The van der Waals surface area contributed by atoms with Crippen LogP contribution < -0.4 is 9.88 Å². The summed E-state index contributed by atoms with van der Waals surface area (Å²) in [6, 6.07) is 3.10. The van der Waals surface area contributed by atoms with Gasteiger partial charge < -0.3 is 4.74 Å². The Balaban J connectivity index is 2.45. The lowest BCUT2D eigenvalue weighted by Gasteiger charge is -2.13. The summed E-state index contributed by atoms with van der Waals surface area (Å²) in [5, 5.41) is 6.08. The second-order valence-corrected chi connectivity index (χ2v) is 7.58. The number of nitrogens with two attached hydrogens (primary N) is 1. The average molecular weight is 361 g/mol. The van der Waals surface area contributed by atoms with Crippen LogP contribution in [0.3, 0.4) is 0 Å². The summed E-state index contributed by atoms with van der Waals surface area (Å²) in [6.45, 7) is 2.31. The van der Waals surface area contributed by atoms with Crippen LogP contribution in [0.4, 0.5) is 0 Å². The van der Waals surface area contributed by atoms with Crippen LogP contribution in [0, 0.1) is 5.92 Å². The van der Waals surface area contributed by atoms with Crippen molar-refractivity contribution in [3.63, 3.8) is 0 Å². The Bertz CT molecular complexity index is 540. The molecule has 20 heavy (non-hydrogen) atoms. The van der Waals surface area contributed by atoms with E-state index in [9.17, 15) is 8.42 Å². The molecule has 0 bridgehead atoms. The molecule has 0 amide bonds. The Labute approximate surface area is 134 Å². The van der Waals surface area contributed by atoms with E-state index in [2.05, 4.69) is 0 Å². The zero-order valence-electron chi connectivity index (χ0n) is 10.9. The van der Waals surface area contributed by atoms with E-state index >= 15 is 0 Å². The van der Waals surface area contributed by atoms with Crippen molar-refractivity contribution in [1.29, 1.82) is 0 Å². The van der Waals surface area contributed by atoms with E-state index in [1.54, 1.807) is 12.1 Å². The molecule has 0 saturated heterocycles. The summed E-state index contributed by atoms with van der Waals surface area (Å²) in [5.41, 5.74) is 0. The second-order valence-electron chi connectivity index (χ2n) is 4.60. The van der Waals surface area contributed by atoms with E-state index in [1.807, 2.05) is 6.92 Å². The highest BCUT2D eigenvalue weighted by Gasteiger charge is 2.11. The number of hydrogen-bond donors (Lipinski definition) is 1. The van der Waals surface area contributed by atoms with Crippen LogP contribution in [0.1, 0.15) is 19.8 Å². The second kappa shape index (κ2) is 7.71. The molecule has 1 atom stereocenters. The topological polar surface area (TPSA) is 69.4 Å². The molecule has 0 heterocycles. The normalized spacial score (nSPS) is 13.2. The van der Waals surface area contributed by atoms with Crippen molar-refractivity contribution in [3.05, 3.63) is 27.2 Å². The van der Waals surface area contributed by atoms with Gasteiger partial charge >= 0.3 is 0 Å². The van der Waals surface area contributed by atoms with Gasteiger partial charge in [-0.1, -0.05) is 41.7 Å². The van der Waals surface area contributed by atoms with Crippen LogP contribution in [-0.4, -0.2) is 20.8 Å². The first-order chi connectivity index (χ1) is 9.19. The lowest BCUT2D eigenvalue weighted by atomic mass is 10.1. The summed E-state index contributed by atoms with van der Waals surface area (Å²) in [5.74, 6) is 0.519. The highest BCUT2D eigenvalue weighted by atomic mass is 35.5. The molecule has 2 N–H and O–H groups in total. The van der Waals surface area contributed by atoms with Gasteiger partial charge in [0.15, 0.2) is 5.75 Å². The maximum atomic E-state index is 10.9. The van der Waals surface area contributed by atoms with Crippen LogP contribution in [0.15, 0.2) is 12.1 Å². The third-order valence-corrected chi connectivity index (χ3v) is 4.30. The number of ether oxygens (including phenoxy) is 1. The van der Waals surface area contributed by atoms with Gasteiger partial charge in [-0.3, -0.25) is 0 Å². The first-order valence-electron chi connectivity index (χ1n) is 5.97. The third-order valence-electron chi connectivity index (χ3n) is 2.72. The van der Waals surface area contributed by atoms with Crippen LogP contribution >= 0.6 is 34.8 Å². The zero-order valence-corrected chi connectivity index (χ0v) is 14.0. The molecule has 114 valence electrons. The molecule has 0 aromatic heterocycles. The van der Waals surface area contributed by atoms with E-state index in [1.165, 1.54) is 0 Å². The number of rotatable bonds is 7. The molecular weight excluding hydrogens is 345 g/mol.